The predicted molar refractivity (Wildman–Crippen MR) is 80.9 cm³/mol. The maximum absolute atomic E-state index is 11.9. The summed E-state index contributed by atoms with van der Waals surface area (Å²) in [5.41, 5.74) is 0.848. The first-order valence-electron chi connectivity index (χ1n) is 7.88. The zero-order chi connectivity index (χ0) is 14.5. The van der Waals surface area contributed by atoms with Crippen LogP contribution in [0.4, 0.5) is 0 Å². The van der Waals surface area contributed by atoms with Gasteiger partial charge in [0.15, 0.2) is 5.65 Å². The lowest BCUT2D eigenvalue weighted by Gasteiger charge is -2.20. The van der Waals surface area contributed by atoms with E-state index in [2.05, 4.69) is 15.5 Å². The van der Waals surface area contributed by atoms with Crippen molar-refractivity contribution in [1.29, 1.82) is 0 Å². The van der Waals surface area contributed by atoms with E-state index in [1.165, 1.54) is 32.1 Å². The molecule has 1 saturated carbocycles. The number of carbonyl (C=O) groups is 1. The molecule has 0 aliphatic heterocycles. The van der Waals surface area contributed by atoms with E-state index in [1.807, 2.05) is 28.8 Å². The minimum atomic E-state index is 0.177. The van der Waals surface area contributed by atoms with Gasteiger partial charge in [0.25, 0.3) is 0 Å². The van der Waals surface area contributed by atoms with E-state index in [0.29, 0.717) is 25.3 Å². The van der Waals surface area contributed by atoms with Crippen LogP contribution in [0.5, 0.6) is 0 Å². The second-order valence-electron chi connectivity index (χ2n) is 5.85. The first-order valence-corrected chi connectivity index (χ1v) is 7.88. The molecular formula is C16H22N4O. The van der Waals surface area contributed by atoms with Gasteiger partial charge in [-0.05, 0) is 30.9 Å². The van der Waals surface area contributed by atoms with E-state index in [4.69, 9.17) is 0 Å². The SMILES string of the molecule is O=C(CC1CCCCC1)NCCc1nnc2ccccn12. The number of aromatic nitrogens is 3. The Kier molecular flexibility index (Phi) is 4.48. The number of pyridine rings is 1. The van der Waals surface area contributed by atoms with Gasteiger partial charge in [-0.1, -0.05) is 25.3 Å². The largest absolute Gasteiger partial charge is 0.356 e. The third-order valence-electron chi connectivity index (χ3n) is 4.25. The van der Waals surface area contributed by atoms with E-state index >= 15 is 0 Å². The third kappa shape index (κ3) is 3.60. The van der Waals surface area contributed by atoms with Crippen molar-refractivity contribution in [3.63, 3.8) is 0 Å². The van der Waals surface area contributed by atoms with E-state index in [1.54, 1.807) is 0 Å². The Hall–Kier alpha value is -1.91. The molecule has 0 radical (unpaired) electrons. The van der Waals surface area contributed by atoms with Crippen LogP contribution in [0.2, 0.25) is 0 Å². The highest BCUT2D eigenvalue weighted by atomic mass is 16.1. The van der Waals surface area contributed by atoms with Crippen molar-refractivity contribution in [3.8, 4) is 0 Å². The average Bonchev–Trinajstić information content (AvgIpc) is 2.92. The quantitative estimate of drug-likeness (QED) is 0.918. The second-order valence-corrected chi connectivity index (χ2v) is 5.85. The minimum absolute atomic E-state index is 0.177. The first kappa shape index (κ1) is 14.0. The molecule has 0 unspecified atom stereocenters. The van der Waals surface area contributed by atoms with Gasteiger partial charge in [0.1, 0.15) is 5.82 Å². The number of nitrogens with one attached hydrogen (secondary N) is 1. The molecule has 0 spiro atoms. The molecule has 5 nitrogen and oxygen atoms in total. The molecule has 112 valence electrons. The van der Waals surface area contributed by atoms with Crippen molar-refractivity contribution in [2.45, 2.75) is 44.9 Å². The molecule has 3 rings (SSSR count). The summed E-state index contributed by atoms with van der Waals surface area (Å²) in [6, 6.07) is 5.83. The summed E-state index contributed by atoms with van der Waals surface area (Å²) < 4.78 is 1.97. The standard InChI is InChI=1S/C16H22N4O/c21-16(12-13-6-2-1-3-7-13)17-10-9-15-19-18-14-8-4-5-11-20(14)15/h4-5,8,11,13H,1-3,6-7,9-10,12H2,(H,17,21). The number of hydrogen-bond donors (Lipinski definition) is 1. The Morgan fingerprint density at radius 1 is 1.24 bits per heavy atom. The molecule has 1 aliphatic rings. The molecule has 1 fully saturated rings. The fourth-order valence-corrected chi connectivity index (χ4v) is 3.10. The van der Waals surface area contributed by atoms with Crippen LogP contribution in [-0.2, 0) is 11.2 Å². The van der Waals surface area contributed by atoms with Crippen LogP contribution in [-0.4, -0.2) is 27.0 Å². The van der Waals surface area contributed by atoms with Gasteiger partial charge in [0, 0.05) is 25.6 Å². The number of rotatable bonds is 5. The Labute approximate surface area is 124 Å². The lowest BCUT2D eigenvalue weighted by molar-refractivity contribution is -0.122. The van der Waals surface area contributed by atoms with E-state index in [0.717, 1.165) is 11.5 Å². The second kappa shape index (κ2) is 6.70. The Morgan fingerprint density at radius 3 is 2.95 bits per heavy atom. The minimum Gasteiger partial charge on any atom is -0.356 e. The van der Waals surface area contributed by atoms with Crippen LogP contribution in [0.1, 0.15) is 44.3 Å². The van der Waals surface area contributed by atoms with Crippen molar-refractivity contribution in [2.75, 3.05) is 6.54 Å². The van der Waals surface area contributed by atoms with Gasteiger partial charge in [-0.15, -0.1) is 10.2 Å². The fraction of sp³-hybridized carbons (Fsp3) is 0.562. The highest BCUT2D eigenvalue weighted by Gasteiger charge is 2.16. The number of nitrogens with zero attached hydrogens (tertiary/aromatic N) is 3. The highest BCUT2D eigenvalue weighted by Crippen LogP contribution is 2.25. The van der Waals surface area contributed by atoms with E-state index in [-0.39, 0.29) is 5.91 Å². The summed E-state index contributed by atoms with van der Waals surface area (Å²) in [7, 11) is 0. The van der Waals surface area contributed by atoms with Gasteiger partial charge in [0.2, 0.25) is 5.91 Å². The predicted octanol–water partition coefficient (Wildman–Crippen LogP) is 2.36. The topological polar surface area (TPSA) is 59.3 Å². The van der Waals surface area contributed by atoms with Crippen LogP contribution in [0.25, 0.3) is 5.65 Å². The van der Waals surface area contributed by atoms with Crippen LogP contribution in [0, 0.1) is 5.92 Å². The molecule has 2 aromatic heterocycles. The lowest BCUT2D eigenvalue weighted by atomic mass is 9.87. The summed E-state index contributed by atoms with van der Waals surface area (Å²) in [6.07, 6.45) is 9.66. The molecule has 2 heterocycles. The Balaban J connectivity index is 1.46. The third-order valence-corrected chi connectivity index (χ3v) is 4.25. The molecule has 1 aliphatic carbocycles. The van der Waals surface area contributed by atoms with Gasteiger partial charge in [-0.2, -0.15) is 0 Å². The van der Waals surface area contributed by atoms with Gasteiger partial charge < -0.3 is 5.32 Å². The van der Waals surface area contributed by atoms with Crippen molar-refractivity contribution in [2.24, 2.45) is 5.92 Å². The number of hydrogen-bond acceptors (Lipinski definition) is 3. The average molecular weight is 286 g/mol. The number of amides is 1. The van der Waals surface area contributed by atoms with Gasteiger partial charge in [0.05, 0.1) is 0 Å². The summed E-state index contributed by atoms with van der Waals surface area (Å²) in [4.78, 5) is 11.9. The molecule has 21 heavy (non-hydrogen) atoms. The molecule has 5 heteroatoms. The summed E-state index contributed by atoms with van der Waals surface area (Å²) in [5.74, 6) is 1.66. The molecule has 0 aromatic carbocycles. The highest BCUT2D eigenvalue weighted by molar-refractivity contribution is 5.76. The molecule has 0 bridgehead atoms. The van der Waals surface area contributed by atoms with Crippen LogP contribution < -0.4 is 5.32 Å². The van der Waals surface area contributed by atoms with Gasteiger partial charge in [-0.25, -0.2) is 0 Å². The molecular weight excluding hydrogens is 264 g/mol. The monoisotopic (exact) mass is 286 g/mol. The zero-order valence-electron chi connectivity index (χ0n) is 12.3. The Morgan fingerprint density at radius 2 is 2.10 bits per heavy atom. The molecule has 0 atom stereocenters. The molecule has 1 N–H and O–H groups in total. The van der Waals surface area contributed by atoms with Crippen molar-refractivity contribution in [1.82, 2.24) is 19.9 Å². The molecule has 0 saturated heterocycles. The van der Waals surface area contributed by atoms with Crippen molar-refractivity contribution in [3.05, 3.63) is 30.2 Å². The normalized spacial score (nSPS) is 16.2. The van der Waals surface area contributed by atoms with Crippen LogP contribution >= 0.6 is 0 Å². The zero-order valence-corrected chi connectivity index (χ0v) is 12.3. The van der Waals surface area contributed by atoms with Crippen molar-refractivity contribution >= 4 is 11.6 Å². The van der Waals surface area contributed by atoms with E-state index in [9.17, 15) is 4.79 Å². The van der Waals surface area contributed by atoms with E-state index < -0.39 is 0 Å². The maximum Gasteiger partial charge on any atom is 0.220 e. The summed E-state index contributed by atoms with van der Waals surface area (Å²) in [5, 5.41) is 11.3. The molecule has 1 amide bonds. The smallest absolute Gasteiger partial charge is 0.220 e. The number of carbonyl (C=O) groups excluding carboxylic acids is 1. The van der Waals surface area contributed by atoms with Gasteiger partial charge >= 0.3 is 0 Å². The molecule has 2 aromatic rings. The van der Waals surface area contributed by atoms with Crippen LogP contribution in [0.15, 0.2) is 24.4 Å². The number of fused-ring (bicyclic) bond motifs is 1. The summed E-state index contributed by atoms with van der Waals surface area (Å²) >= 11 is 0. The lowest BCUT2D eigenvalue weighted by Crippen LogP contribution is -2.28. The fourth-order valence-electron chi connectivity index (χ4n) is 3.10. The summed E-state index contributed by atoms with van der Waals surface area (Å²) in [6.45, 7) is 0.626. The van der Waals surface area contributed by atoms with Crippen molar-refractivity contribution < 1.29 is 4.79 Å². The van der Waals surface area contributed by atoms with Gasteiger partial charge in [-0.3, -0.25) is 9.20 Å². The maximum atomic E-state index is 11.9. The Bertz CT molecular complexity index is 601. The van der Waals surface area contributed by atoms with Crippen LogP contribution in [0.3, 0.4) is 0 Å². The first-order chi connectivity index (χ1) is 10.3.